The van der Waals surface area contributed by atoms with Gasteiger partial charge in [-0.2, -0.15) is 0 Å². The number of amides is 3. The van der Waals surface area contributed by atoms with Gasteiger partial charge in [0.05, 0.1) is 0 Å². The van der Waals surface area contributed by atoms with Crippen LogP contribution in [0.25, 0.3) is 0 Å². The summed E-state index contributed by atoms with van der Waals surface area (Å²) in [5.74, 6) is -0.0595. The summed E-state index contributed by atoms with van der Waals surface area (Å²) in [6, 6.07) is 8.49. The normalized spacial score (nSPS) is 19.3. The summed E-state index contributed by atoms with van der Waals surface area (Å²) in [7, 11) is 0. The van der Waals surface area contributed by atoms with Gasteiger partial charge in [-0.05, 0) is 43.7 Å². The third-order valence-corrected chi connectivity index (χ3v) is 5.46. The maximum atomic E-state index is 13.1. The van der Waals surface area contributed by atoms with Crippen molar-refractivity contribution < 1.29 is 14.4 Å². The monoisotopic (exact) mass is 357 g/mol. The minimum atomic E-state index is -0.519. The summed E-state index contributed by atoms with van der Waals surface area (Å²) >= 11 is 0. The van der Waals surface area contributed by atoms with Crippen LogP contribution < -0.4 is 5.32 Å². The largest absolute Gasteiger partial charge is 0.343 e. The Morgan fingerprint density at radius 2 is 1.58 bits per heavy atom. The van der Waals surface area contributed by atoms with Crippen molar-refractivity contribution in [1.29, 1.82) is 0 Å². The highest BCUT2D eigenvalue weighted by Crippen LogP contribution is 2.24. The molecule has 0 radical (unpaired) electrons. The molecule has 3 rings (SSSR count). The number of likely N-dealkylation sites (tertiary alicyclic amines) is 2. The van der Waals surface area contributed by atoms with Crippen molar-refractivity contribution in [1.82, 2.24) is 15.1 Å². The predicted molar refractivity (Wildman–Crippen MR) is 98.5 cm³/mol. The molecule has 2 heterocycles. The smallest absolute Gasteiger partial charge is 0.251 e. The third-order valence-electron chi connectivity index (χ3n) is 5.46. The van der Waals surface area contributed by atoms with Crippen LogP contribution in [0.5, 0.6) is 0 Å². The second-order valence-electron chi connectivity index (χ2n) is 7.19. The second kappa shape index (κ2) is 8.34. The number of rotatable bonds is 4. The van der Waals surface area contributed by atoms with Crippen LogP contribution in [0.3, 0.4) is 0 Å². The lowest BCUT2D eigenvalue weighted by Crippen LogP contribution is -2.54. The third kappa shape index (κ3) is 4.23. The Hall–Kier alpha value is -2.37. The van der Waals surface area contributed by atoms with E-state index in [4.69, 9.17) is 0 Å². The zero-order valence-electron chi connectivity index (χ0n) is 15.3. The molecular formula is C20H27N3O3. The van der Waals surface area contributed by atoms with Crippen molar-refractivity contribution in [2.45, 2.75) is 38.6 Å². The molecule has 2 fully saturated rings. The first-order valence-electron chi connectivity index (χ1n) is 9.46. The summed E-state index contributed by atoms with van der Waals surface area (Å²) in [5.41, 5.74) is 0.563. The van der Waals surface area contributed by atoms with Crippen molar-refractivity contribution >= 4 is 17.7 Å². The summed E-state index contributed by atoms with van der Waals surface area (Å²) in [6.07, 6.45) is 3.51. The quantitative estimate of drug-likeness (QED) is 0.891. The zero-order valence-corrected chi connectivity index (χ0v) is 15.3. The van der Waals surface area contributed by atoms with Crippen LogP contribution in [0.15, 0.2) is 30.3 Å². The maximum absolute atomic E-state index is 13.1. The average Bonchev–Trinajstić information content (AvgIpc) is 3.21. The standard InChI is InChI=1S/C20H27N3O3/c1-15(24)22-13-9-16(10-14-22)18(20(26)23-11-5-6-12-23)21-19(25)17-7-3-2-4-8-17/h2-4,7-8,16,18H,5-6,9-14H2,1H3,(H,21,25). The zero-order chi connectivity index (χ0) is 18.5. The lowest BCUT2D eigenvalue weighted by Gasteiger charge is -2.36. The Balaban J connectivity index is 1.72. The number of nitrogens with zero attached hydrogens (tertiary/aromatic N) is 2. The topological polar surface area (TPSA) is 69.7 Å². The van der Waals surface area contributed by atoms with E-state index < -0.39 is 6.04 Å². The fraction of sp³-hybridized carbons (Fsp3) is 0.550. The number of hydrogen-bond donors (Lipinski definition) is 1. The van der Waals surface area contributed by atoms with Crippen LogP contribution in [0, 0.1) is 5.92 Å². The molecule has 3 amide bonds. The lowest BCUT2D eigenvalue weighted by molar-refractivity contribution is -0.134. The van der Waals surface area contributed by atoms with Gasteiger partial charge in [-0.1, -0.05) is 18.2 Å². The highest BCUT2D eigenvalue weighted by molar-refractivity contribution is 5.97. The van der Waals surface area contributed by atoms with Crippen molar-refractivity contribution in [2.24, 2.45) is 5.92 Å². The van der Waals surface area contributed by atoms with Crippen LogP contribution in [0.4, 0.5) is 0 Å². The Morgan fingerprint density at radius 3 is 2.15 bits per heavy atom. The molecule has 0 bridgehead atoms. The molecule has 1 unspecified atom stereocenters. The Morgan fingerprint density at radius 1 is 0.962 bits per heavy atom. The predicted octanol–water partition coefficient (Wildman–Crippen LogP) is 1.67. The van der Waals surface area contributed by atoms with E-state index in [9.17, 15) is 14.4 Å². The van der Waals surface area contributed by atoms with Gasteiger partial charge in [0.15, 0.2) is 0 Å². The van der Waals surface area contributed by atoms with Crippen LogP contribution in [-0.4, -0.2) is 59.7 Å². The van der Waals surface area contributed by atoms with Crippen molar-refractivity contribution in [2.75, 3.05) is 26.2 Å². The molecule has 6 heteroatoms. The number of carbonyl (C=O) groups is 3. The van der Waals surface area contributed by atoms with E-state index >= 15 is 0 Å². The average molecular weight is 357 g/mol. The number of carbonyl (C=O) groups excluding carboxylic acids is 3. The molecule has 1 N–H and O–H groups in total. The summed E-state index contributed by atoms with van der Waals surface area (Å²) in [6.45, 7) is 4.39. The fourth-order valence-electron chi connectivity index (χ4n) is 3.88. The summed E-state index contributed by atoms with van der Waals surface area (Å²) in [5, 5.41) is 2.99. The molecule has 26 heavy (non-hydrogen) atoms. The first-order chi connectivity index (χ1) is 12.6. The van der Waals surface area contributed by atoms with Gasteiger partial charge in [0, 0.05) is 38.7 Å². The van der Waals surface area contributed by atoms with E-state index in [1.807, 2.05) is 28.0 Å². The number of benzene rings is 1. The molecule has 2 aliphatic heterocycles. The van der Waals surface area contributed by atoms with Crippen LogP contribution >= 0.6 is 0 Å². The van der Waals surface area contributed by atoms with Crippen molar-refractivity contribution in [3.63, 3.8) is 0 Å². The highest BCUT2D eigenvalue weighted by atomic mass is 16.2. The van der Waals surface area contributed by atoms with Gasteiger partial charge in [0.25, 0.3) is 5.91 Å². The molecule has 2 saturated heterocycles. The molecule has 1 aromatic rings. The first kappa shape index (κ1) is 18.4. The molecule has 0 spiro atoms. The van der Waals surface area contributed by atoms with E-state index in [1.165, 1.54) is 0 Å². The Kier molecular flexibility index (Phi) is 5.91. The summed E-state index contributed by atoms with van der Waals surface area (Å²) in [4.78, 5) is 40.9. The Labute approximate surface area is 154 Å². The fourth-order valence-corrected chi connectivity index (χ4v) is 3.88. The van der Waals surface area contributed by atoms with Crippen molar-refractivity contribution in [3.05, 3.63) is 35.9 Å². The lowest BCUT2D eigenvalue weighted by atomic mass is 9.88. The van der Waals surface area contributed by atoms with E-state index in [1.54, 1.807) is 19.1 Å². The number of piperidine rings is 1. The van der Waals surface area contributed by atoms with E-state index in [0.717, 1.165) is 38.8 Å². The SMILES string of the molecule is CC(=O)N1CCC(C(NC(=O)c2ccccc2)C(=O)N2CCCC2)CC1. The van der Waals surface area contributed by atoms with E-state index in [2.05, 4.69) is 5.32 Å². The van der Waals surface area contributed by atoms with Gasteiger partial charge in [0.1, 0.15) is 6.04 Å². The van der Waals surface area contributed by atoms with Crippen LogP contribution in [-0.2, 0) is 9.59 Å². The van der Waals surface area contributed by atoms with E-state index in [-0.39, 0.29) is 23.6 Å². The molecule has 2 aliphatic rings. The molecular weight excluding hydrogens is 330 g/mol. The Bertz CT molecular complexity index is 648. The van der Waals surface area contributed by atoms with Gasteiger partial charge in [0.2, 0.25) is 11.8 Å². The maximum Gasteiger partial charge on any atom is 0.251 e. The molecule has 1 aromatic carbocycles. The highest BCUT2D eigenvalue weighted by Gasteiger charge is 2.36. The molecule has 140 valence electrons. The molecule has 1 atom stereocenters. The minimum absolute atomic E-state index is 0.0213. The molecule has 0 aliphatic carbocycles. The van der Waals surface area contributed by atoms with Crippen LogP contribution in [0.1, 0.15) is 43.0 Å². The molecule has 0 saturated carbocycles. The number of nitrogens with one attached hydrogen (secondary N) is 1. The van der Waals surface area contributed by atoms with Gasteiger partial charge in [-0.15, -0.1) is 0 Å². The second-order valence-corrected chi connectivity index (χ2v) is 7.19. The van der Waals surface area contributed by atoms with Crippen molar-refractivity contribution in [3.8, 4) is 0 Å². The first-order valence-corrected chi connectivity index (χ1v) is 9.46. The van der Waals surface area contributed by atoms with Gasteiger partial charge >= 0.3 is 0 Å². The summed E-state index contributed by atoms with van der Waals surface area (Å²) < 4.78 is 0. The van der Waals surface area contributed by atoms with Gasteiger partial charge < -0.3 is 15.1 Å². The van der Waals surface area contributed by atoms with Gasteiger partial charge in [-0.25, -0.2) is 0 Å². The van der Waals surface area contributed by atoms with Crippen LogP contribution in [0.2, 0.25) is 0 Å². The van der Waals surface area contributed by atoms with Gasteiger partial charge in [-0.3, -0.25) is 14.4 Å². The number of hydrogen-bond acceptors (Lipinski definition) is 3. The molecule has 6 nitrogen and oxygen atoms in total. The van der Waals surface area contributed by atoms with E-state index in [0.29, 0.717) is 18.7 Å². The minimum Gasteiger partial charge on any atom is -0.343 e. The molecule has 0 aromatic heterocycles.